The van der Waals surface area contributed by atoms with Crippen LogP contribution in [0.2, 0.25) is 0 Å². The van der Waals surface area contributed by atoms with E-state index in [9.17, 15) is 9.90 Å². The summed E-state index contributed by atoms with van der Waals surface area (Å²) in [6.07, 6.45) is 0. The van der Waals surface area contributed by atoms with E-state index in [0.29, 0.717) is 12.2 Å². The van der Waals surface area contributed by atoms with E-state index >= 15 is 0 Å². The Kier molecular flexibility index (Phi) is 5.29. The van der Waals surface area contributed by atoms with Gasteiger partial charge in [-0.2, -0.15) is 0 Å². The van der Waals surface area contributed by atoms with E-state index in [2.05, 4.69) is 5.32 Å². The second-order valence-corrected chi connectivity index (χ2v) is 4.36. The molecule has 1 unspecified atom stereocenters. The van der Waals surface area contributed by atoms with Crippen LogP contribution < -0.4 is 5.32 Å². The molecule has 0 heterocycles. The third kappa shape index (κ3) is 4.19. The number of aliphatic carboxylic acids is 1. The first-order chi connectivity index (χ1) is 9.77. The van der Waals surface area contributed by atoms with Crippen molar-refractivity contribution < 1.29 is 14.6 Å². The fourth-order valence-electron chi connectivity index (χ4n) is 1.88. The number of carboxylic acid groups (broad SMARTS) is 1. The molecule has 2 N–H and O–H groups in total. The minimum atomic E-state index is -0.917. The summed E-state index contributed by atoms with van der Waals surface area (Å²) in [5.74, 6) is -0.917. The molecule has 2 aromatic carbocycles. The Balaban J connectivity index is 1.83. The summed E-state index contributed by atoms with van der Waals surface area (Å²) in [5.41, 5.74) is 1.77. The first-order valence-electron chi connectivity index (χ1n) is 6.40. The van der Waals surface area contributed by atoms with Crippen LogP contribution in [-0.2, 0) is 16.1 Å². The van der Waals surface area contributed by atoms with E-state index in [4.69, 9.17) is 4.74 Å². The van der Waals surface area contributed by atoms with Gasteiger partial charge in [0.2, 0.25) is 0 Å². The monoisotopic (exact) mass is 271 g/mol. The zero-order chi connectivity index (χ0) is 14.2. The zero-order valence-corrected chi connectivity index (χ0v) is 11.0. The zero-order valence-electron chi connectivity index (χ0n) is 11.0. The fourth-order valence-corrected chi connectivity index (χ4v) is 1.88. The summed E-state index contributed by atoms with van der Waals surface area (Å²) >= 11 is 0. The van der Waals surface area contributed by atoms with Crippen molar-refractivity contribution in [2.75, 3.05) is 6.73 Å². The van der Waals surface area contributed by atoms with Crippen molar-refractivity contribution in [2.45, 2.75) is 12.6 Å². The summed E-state index contributed by atoms with van der Waals surface area (Å²) in [6, 6.07) is 18.0. The molecule has 0 aliphatic carbocycles. The smallest absolute Gasteiger partial charge is 0.325 e. The molecule has 0 saturated carbocycles. The lowest BCUT2D eigenvalue weighted by Gasteiger charge is -2.15. The van der Waals surface area contributed by atoms with E-state index in [1.165, 1.54) is 0 Å². The quantitative estimate of drug-likeness (QED) is 0.600. The van der Waals surface area contributed by atoms with E-state index < -0.39 is 12.0 Å². The summed E-state index contributed by atoms with van der Waals surface area (Å²) in [6.45, 7) is 0.635. The van der Waals surface area contributed by atoms with Crippen LogP contribution in [-0.4, -0.2) is 17.8 Å². The van der Waals surface area contributed by atoms with Crippen LogP contribution in [0.4, 0.5) is 0 Å². The molecule has 0 amide bonds. The summed E-state index contributed by atoms with van der Waals surface area (Å²) < 4.78 is 5.45. The highest BCUT2D eigenvalue weighted by molar-refractivity contribution is 5.75. The summed E-state index contributed by atoms with van der Waals surface area (Å²) in [4.78, 5) is 11.2. The SMILES string of the molecule is O=C(O)C(NCOCc1ccccc1)c1ccccc1. The van der Waals surface area contributed by atoms with Crippen LogP contribution in [0.5, 0.6) is 0 Å². The standard InChI is InChI=1S/C16H17NO3/c18-16(19)15(14-9-5-2-6-10-14)17-12-20-11-13-7-3-1-4-8-13/h1-10,15,17H,11-12H2,(H,18,19). The molecule has 0 aliphatic heterocycles. The third-order valence-electron chi connectivity index (χ3n) is 2.88. The maximum absolute atomic E-state index is 11.2. The number of hydrogen-bond donors (Lipinski definition) is 2. The average Bonchev–Trinajstić information content (AvgIpc) is 2.49. The van der Waals surface area contributed by atoms with Gasteiger partial charge in [-0.3, -0.25) is 10.1 Å². The lowest BCUT2D eigenvalue weighted by atomic mass is 10.1. The number of ether oxygens (including phenoxy) is 1. The van der Waals surface area contributed by atoms with Crippen molar-refractivity contribution >= 4 is 5.97 Å². The number of hydrogen-bond acceptors (Lipinski definition) is 3. The van der Waals surface area contributed by atoms with Crippen LogP contribution in [0, 0.1) is 0 Å². The van der Waals surface area contributed by atoms with Crippen molar-refractivity contribution in [1.82, 2.24) is 5.32 Å². The predicted octanol–water partition coefficient (Wildman–Crippen LogP) is 2.58. The molecule has 4 nitrogen and oxygen atoms in total. The summed E-state index contributed by atoms with van der Waals surface area (Å²) in [7, 11) is 0. The number of carboxylic acids is 1. The summed E-state index contributed by atoms with van der Waals surface area (Å²) in [5, 5.41) is 12.1. The van der Waals surface area contributed by atoms with E-state index in [0.717, 1.165) is 5.56 Å². The van der Waals surface area contributed by atoms with E-state index in [1.807, 2.05) is 48.5 Å². The molecule has 2 aromatic rings. The molecule has 0 aliphatic rings. The molecule has 1 atom stereocenters. The molecule has 0 aromatic heterocycles. The molecule has 104 valence electrons. The van der Waals surface area contributed by atoms with Crippen LogP contribution >= 0.6 is 0 Å². The second-order valence-electron chi connectivity index (χ2n) is 4.36. The van der Waals surface area contributed by atoms with Crippen LogP contribution in [0.15, 0.2) is 60.7 Å². The van der Waals surface area contributed by atoms with Gasteiger partial charge in [0.15, 0.2) is 0 Å². The molecular formula is C16H17NO3. The Morgan fingerprint density at radius 3 is 2.25 bits per heavy atom. The van der Waals surface area contributed by atoms with Crippen LogP contribution in [0.1, 0.15) is 17.2 Å². The molecule has 0 saturated heterocycles. The minimum Gasteiger partial charge on any atom is -0.480 e. The minimum absolute atomic E-state index is 0.181. The van der Waals surface area contributed by atoms with Gasteiger partial charge in [-0.1, -0.05) is 60.7 Å². The molecule has 0 radical (unpaired) electrons. The Labute approximate surface area is 118 Å². The fraction of sp³-hybridized carbons (Fsp3) is 0.188. The van der Waals surface area contributed by atoms with Gasteiger partial charge in [0.05, 0.1) is 13.3 Å². The highest BCUT2D eigenvalue weighted by atomic mass is 16.5. The molecule has 0 spiro atoms. The predicted molar refractivity (Wildman–Crippen MR) is 76.1 cm³/mol. The van der Waals surface area contributed by atoms with Gasteiger partial charge in [-0.25, -0.2) is 0 Å². The number of carbonyl (C=O) groups is 1. The molecule has 0 bridgehead atoms. The highest BCUT2D eigenvalue weighted by Crippen LogP contribution is 2.12. The maximum Gasteiger partial charge on any atom is 0.325 e. The Hall–Kier alpha value is -2.17. The van der Waals surface area contributed by atoms with Gasteiger partial charge in [-0.15, -0.1) is 0 Å². The van der Waals surface area contributed by atoms with Crippen LogP contribution in [0.25, 0.3) is 0 Å². The number of benzene rings is 2. The van der Waals surface area contributed by atoms with Gasteiger partial charge in [-0.05, 0) is 11.1 Å². The van der Waals surface area contributed by atoms with Crippen molar-refractivity contribution in [3.63, 3.8) is 0 Å². The second kappa shape index (κ2) is 7.43. The maximum atomic E-state index is 11.2. The van der Waals surface area contributed by atoms with Crippen LogP contribution in [0.3, 0.4) is 0 Å². The Morgan fingerprint density at radius 1 is 1.05 bits per heavy atom. The third-order valence-corrected chi connectivity index (χ3v) is 2.88. The number of nitrogens with one attached hydrogen (secondary N) is 1. The van der Waals surface area contributed by atoms with E-state index in [1.54, 1.807) is 12.1 Å². The molecule has 0 fully saturated rings. The number of rotatable bonds is 7. The molecular weight excluding hydrogens is 254 g/mol. The Morgan fingerprint density at radius 2 is 1.65 bits per heavy atom. The van der Waals surface area contributed by atoms with Gasteiger partial charge >= 0.3 is 5.97 Å². The van der Waals surface area contributed by atoms with E-state index in [-0.39, 0.29) is 6.73 Å². The molecule has 4 heteroatoms. The van der Waals surface area contributed by atoms with Crippen molar-refractivity contribution in [3.05, 3.63) is 71.8 Å². The largest absolute Gasteiger partial charge is 0.480 e. The van der Waals surface area contributed by atoms with Gasteiger partial charge < -0.3 is 9.84 Å². The first-order valence-corrected chi connectivity index (χ1v) is 6.40. The lowest BCUT2D eigenvalue weighted by Crippen LogP contribution is -2.30. The van der Waals surface area contributed by atoms with Gasteiger partial charge in [0.25, 0.3) is 0 Å². The van der Waals surface area contributed by atoms with Crippen molar-refractivity contribution in [3.8, 4) is 0 Å². The van der Waals surface area contributed by atoms with Gasteiger partial charge in [0.1, 0.15) is 6.04 Å². The molecule has 2 rings (SSSR count). The lowest BCUT2D eigenvalue weighted by molar-refractivity contribution is -0.140. The normalized spacial score (nSPS) is 12.0. The van der Waals surface area contributed by atoms with Gasteiger partial charge in [0, 0.05) is 0 Å². The highest BCUT2D eigenvalue weighted by Gasteiger charge is 2.18. The Bertz CT molecular complexity index is 528. The topological polar surface area (TPSA) is 58.6 Å². The van der Waals surface area contributed by atoms with Crippen molar-refractivity contribution in [1.29, 1.82) is 0 Å². The first kappa shape index (κ1) is 14.2. The van der Waals surface area contributed by atoms with Crippen molar-refractivity contribution in [2.24, 2.45) is 0 Å². The molecule has 20 heavy (non-hydrogen) atoms. The average molecular weight is 271 g/mol.